The summed E-state index contributed by atoms with van der Waals surface area (Å²) in [4.78, 5) is 36.5. The van der Waals surface area contributed by atoms with E-state index in [2.05, 4.69) is 22.0 Å². The number of hydrogen-bond acceptors (Lipinski definition) is 5. The number of H-pyrrole nitrogens is 1. The topological polar surface area (TPSA) is 89.1 Å². The molecule has 1 saturated heterocycles. The molecule has 2 N–H and O–H groups in total. The molecule has 3 amide bonds. The Kier molecular flexibility index (Phi) is 5.90. The average Bonchev–Trinajstić information content (AvgIpc) is 3.34. The second-order valence-electron chi connectivity index (χ2n) is 10.5. The molecule has 2 atom stereocenters. The van der Waals surface area contributed by atoms with Crippen LogP contribution in [-0.2, 0) is 11.2 Å². The Morgan fingerprint density at radius 2 is 2.03 bits per heavy atom. The molecular weight excluding hydrogens is 487 g/mol. The van der Waals surface area contributed by atoms with Gasteiger partial charge in [0.1, 0.15) is 17.3 Å². The minimum atomic E-state index is -1.13. The summed E-state index contributed by atoms with van der Waals surface area (Å²) in [6, 6.07) is 8.73. The largest absolute Gasteiger partial charge is 0.508 e. The van der Waals surface area contributed by atoms with E-state index in [9.17, 15) is 19.1 Å². The molecule has 1 aromatic heterocycles. The van der Waals surface area contributed by atoms with Crippen molar-refractivity contribution in [2.45, 2.75) is 37.8 Å². The fourth-order valence-corrected chi connectivity index (χ4v) is 6.26. The molecular formula is C29H31FN4O4. The highest BCUT2D eigenvalue weighted by atomic mass is 19.1. The van der Waals surface area contributed by atoms with Crippen molar-refractivity contribution in [3.63, 3.8) is 0 Å². The van der Waals surface area contributed by atoms with Crippen molar-refractivity contribution in [3.8, 4) is 11.5 Å². The summed E-state index contributed by atoms with van der Waals surface area (Å²) in [7, 11) is 1.42. The van der Waals surface area contributed by atoms with E-state index < -0.39 is 17.4 Å². The third-order valence-electron chi connectivity index (χ3n) is 8.12. The molecule has 0 saturated carbocycles. The maximum absolute atomic E-state index is 14.6. The molecule has 0 bridgehead atoms. The normalized spacial score (nSPS) is 23.3. The van der Waals surface area contributed by atoms with Gasteiger partial charge in [-0.25, -0.2) is 9.18 Å². The van der Waals surface area contributed by atoms with Gasteiger partial charge in [0, 0.05) is 55.3 Å². The summed E-state index contributed by atoms with van der Waals surface area (Å²) in [5.41, 5.74) is 1.65. The molecule has 0 radical (unpaired) electrons. The second kappa shape index (κ2) is 9.16. The summed E-state index contributed by atoms with van der Waals surface area (Å²) in [6.07, 6.45) is 6.31. The fraction of sp³-hybridized carbons (Fsp3) is 0.379. The number of ether oxygens (including phenoxy) is 1. The zero-order valence-electron chi connectivity index (χ0n) is 21.5. The quantitative estimate of drug-likeness (QED) is 0.374. The van der Waals surface area contributed by atoms with Crippen LogP contribution in [0.2, 0.25) is 0 Å². The van der Waals surface area contributed by atoms with Gasteiger partial charge < -0.3 is 14.8 Å². The second-order valence-corrected chi connectivity index (χ2v) is 10.5. The van der Waals surface area contributed by atoms with E-state index in [-0.39, 0.29) is 29.9 Å². The van der Waals surface area contributed by atoms with Gasteiger partial charge in [-0.1, -0.05) is 24.3 Å². The van der Waals surface area contributed by atoms with Crippen LogP contribution in [0.1, 0.15) is 42.6 Å². The van der Waals surface area contributed by atoms with Gasteiger partial charge in [-0.05, 0) is 49.1 Å². The number of amides is 3. The standard InChI is InChI=1S/C29H31FN4O4/c1-29-17-21-20-15-24(38-2)22(30)16-23(20)31-25(21)26(18-8-6-9-19(35)14-18)34(29)28(37)33(27(29)36)13-7-12-32-10-4-3-5-11-32/h3-4,6,8-9,14-16,26,31,35H,5,7,10-13,17H2,1-2H3. The number of fused-ring (bicyclic) bond motifs is 4. The van der Waals surface area contributed by atoms with Crippen LogP contribution in [0, 0.1) is 5.82 Å². The number of phenolic OH excluding ortho intramolecular Hbond substituents is 1. The number of benzene rings is 2. The lowest BCUT2D eigenvalue weighted by Gasteiger charge is -2.42. The Bertz CT molecular complexity index is 1470. The number of carbonyl (C=O) groups is 2. The van der Waals surface area contributed by atoms with Crippen LogP contribution in [-0.4, -0.2) is 75.6 Å². The molecule has 0 spiro atoms. The van der Waals surface area contributed by atoms with Crippen molar-refractivity contribution in [1.29, 1.82) is 0 Å². The summed E-state index contributed by atoms with van der Waals surface area (Å²) >= 11 is 0. The number of phenols is 1. The monoisotopic (exact) mass is 518 g/mol. The van der Waals surface area contributed by atoms with Gasteiger partial charge in [0.05, 0.1) is 7.11 Å². The lowest BCUT2D eigenvalue weighted by molar-refractivity contribution is -0.133. The summed E-state index contributed by atoms with van der Waals surface area (Å²) in [5.74, 6) is -0.559. The number of urea groups is 1. The number of hydrogen-bond donors (Lipinski definition) is 2. The minimum absolute atomic E-state index is 0.0607. The van der Waals surface area contributed by atoms with E-state index in [0.29, 0.717) is 29.7 Å². The Morgan fingerprint density at radius 3 is 2.76 bits per heavy atom. The molecule has 9 heteroatoms. The summed E-state index contributed by atoms with van der Waals surface area (Å²) in [5, 5.41) is 11.0. The van der Waals surface area contributed by atoms with E-state index in [1.807, 2.05) is 6.07 Å². The first-order valence-corrected chi connectivity index (χ1v) is 13.0. The molecule has 3 aromatic rings. The van der Waals surface area contributed by atoms with Gasteiger partial charge in [0.15, 0.2) is 11.6 Å². The molecule has 8 nitrogen and oxygen atoms in total. The Balaban J connectivity index is 1.41. The number of rotatable bonds is 6. The van der Waals surface area contributed by atoms with Crippen LogP contribution in [0.25, 0.3) is 10.9 Å². The summed E-state index contributed by atoms with van der Waals surface area (Å²) < 4.78 is 19.8. The van der Waals surface area contributed by atoms with Crippen molar-refractivity contribution in [2.24, 2.45) is 0 Å². The average molecular weight is 519 g/mol. The van der Waals surface area contributed by atoms with Crippen molar-refractivity contribution in [3.05, 3.63) is 71.2 Å². The molecule has 4 heterocycles. The van der Waals surface area contributed by atoms with Crippen LogP contribution >= 0.6 is 0 Å². The van der Waals surface area contributed by atoms with E-state index in [4.69, 9.17) is 4.74 Å². The zero-order chi connectivity index (χ0) is 26.6. The highest BCUT2D eigenvalue weighted by Gasteiger charge is 2.60. The molecule has 1 fully saturated rings. The Labute approximate surface area is 220 Å². The molecule has 198 valence electrons. The maximum Gasteiger partial charge on any atom is 0.328 e. The van der Waals surface area contributed by atoms with Crippen LogP contribution < -0.4 is 4.74 Å². The van der Waals surface area contributed by atoms with Crippen LogP contribution in [0.3, 0.4) is 0 Å². The molecule has 3 aliphatic heterocycles. The number of carbonyl (C=O) groups excluding carboxylic acids is 2. The first kappa shape index (κ1) is 24.5. The molecule has 2 aromatic carbocycles. The van der Waals surface area contributed by atoms with E-state index in [1.165, 1.54) is 18.1 Å². The number of nitrogens with one attached hydrogen (secondary N) is 1. The SMILES string of the molecule is COc1cc2c3c([nH]c2cc1F)C(c1cccc(O)c1)N1C(=O)N(CCCN2CC=CCC2)C(=O)C1(C)C3. The number of aromatic hydroxyl groups is 1. The first-order valence-electron chi connectivity index (χ1n) is 13.0. The smallest absolute Gasteiger partial charge is 0.328 e. The zero-order valence-corrected chi connectivity index (χ0v) is 21.5. The third-order valence-corrected chi connectivity index (χ3v) is 8.12. The van der Waals surface area contributed by atoms with Gasteiger partial charge in [0.25, 0.3) is 5.91 Å². The summed E-state index contributed by atoms with van der Waals surface area (Å²) in [6.45, 7) is 4.82. The lowest BCUT2D eigenvalue weighted by Crippen LogP contribution is -2.53. The Morgan fingerprint density at radius 1 is 1.18 bits per heavy atom. The lowest BCUT2D eigenvalue weighted by atomic mass is 9.81. The van der Waals surface area contributed by atoms with Crippen molar-refractivity contribution >= 4 is 22.8 Å². The van der Waals surface area contributed by atoms with Crippen molar-refractivity contribution < 1.29 is 23.8 Å². The molecule has 38 heavy (non-hydrogen) atoms. The minimum Gasteiger partial charge on any atom is -0.508 e. The van der Waals surface area contributed by atoms with Gasteiger partial charge in [-0.15, -0.1) is 0 Å². The number of halogens is 1. The van der Waals surface area contributed by atoms with Crippen LogP contribution in [0.15, 0.2) is 48.6 Å². The highest BCUT2D eigenvalue weighted by molar-refractivity contribution is 6.08. The van der Waals surface area contributed by atoms with E-state index >= 15 is 0 Å². The molecule has 6 rings (SSSR count). The molecule has 0 aliphatic carbocycles. The third kappa shape index (κ3) is 3.75. The van der Waals surface area contributed by atoms with Crippen LogP contribution in [0.5, 0.6) is 11.5 Å². The number of methoxy groups -OCH3 is 1. The van der Waals surface area contributed by atoms with Crippen LogP contribution in [0.4, 0.5) is 9.18 Å². The fourth-order valence-electron chi connectivity index (χ4n) is 6.26. The predicted molar refractivity (Wildman–Crippen MR) is 141 cm³/mol. The highest BCUT2D eigenvalue weighted by Crippen LogP contribution is 2.49. The number of aromatic amines is 1. The number of imide groups is 1. The number of nitrogens with zero attached hydrogens (tertiary/aromatic N) is 3. The van der Waals surface area contributed by atoms with Gasteiger partial charge >= 0.3 is 6.03 Å². The van der Waals surface area contributed by atoms with Gasteiger partial charge in [-0.3, -0.25) is 19.5 Å². The first-order chi connectivity index (χ1) is 18.3. The molecule has 2 unspecified atom stereocenters. The van der Waals surface area contributed by atoms with E-state index in [0.717, 1.165) is 37.0 Å². The van der Waals surface area contributed by atoms with Gasteiger partial charge in [-0.2, -0.15) is 0 Å². The Hall–Kier alpha value is -3.85. The predicted octanol–water partition coefficient (Wildman–Crippen LogP) is 4.34. The van der Waals surface area contributed by atoms with Crippen molar-refractivity contribution in [2.75, 3.05) is 33.3 Å². The maximum atomic E-state index is 14.6. The molecule has 3 aliphatic rings. The van der Waals surface area contributed by atoms with E-state index in [1.54, 1.807) is 36.1 Å². The van der Waals surface area contributed by atoms with Gasteiger partial charge in [0.2, 0.25) is 0 Å². The number of aromatic nitrogens is 1. The van der Waals surface area contributed by atoms with Crippen molar-refractivity contribution in [1.82, 2.24) is 19.7 Å².